The van der Waals surface area contributed by atoms with Crippen LogP contribution in [-0.2, 0) is 10.2 Å². The van der Waals surface area contributed by atoms with Crippen molar-refractivity contribution in [2.45, 2.75) is 19.3 Å². The number of fused-ring (bicyclic) bond motifs is 1. The highest BCUT2D eigenvalue weighted by atomic mass is 16.1. The topological polar surface area (TPSA) is 29.1 Å². The highest BCUT2D eigenvalue weighted by molar-refractivity contribution is 5.75. The van der Waals surface area contributed by atoms with Crippen LogP contribution in [0.4, 0.5) is 5.69 Å². The number of carbonyl (C=O) groups excluding carboxylic acids is 1. The van der Waals surface area contributed by atoms with Crippen LogP contribution in [0.15, 0.2) is 36.0 Å². The molecule has 0 spiro atoms. The smallest absolute Gasteiger partial charge is 0.144 e. The molecule has 1 aromatic rings. The third-order valence-electron chi connectivity index (χ3n) is 2.78. The molecule has 0 unspecified atom stereocenters. The Balaban J connectivity index is 2.55. The molecule has 0 radical (unpaired) electrons. The largest absolute Gasteiger partial charge is 0.358 e. The summed E-state index contributed by atoms with van der Waals surface area (Å²) in [4.78, 5) is 10.5. The van der Waals surface area contributed by atoms with Gasteiger partial charge in [-0.3, -0.25) is 4.79 Å². The van der Waals surface area contributed by atoms with Crippen LogP contribution in [0.3, 0.4) is 0 Å². The van der Waals surface area contributed by atoms with Gasteiger partial charge in [-0.15, -0.1) is 0 Å². The molecule has 2 rings (SSSR count). The molecule has 1 heterocycles. The van der Waals surface area contributed by atoms with Gasteiger partial charge in [-0.1, -0.05) is 32.0 Å². The minimum atomic E-state index is -0.0858. The van der Waals surface area contributed by atoms with E-state index in [4.69, 9.17) is 0 Å². The Hall–Kier alpha value is -1.57. The molecule has 0 bridgehead atoms. The van der Waals surface area contributed by atoms with E-state index in [1.54, 1.807) is 6.08 Å². The summed E-state index contributed by atoms with van der Waals surface area (Å²) in [5.41, 5.74) is 3.23. The molecule has 1 N–H and O–H groups in total. The Morgan fingerprint density at radius 2 is 2.00 bits per heavy atom. The lowest BCUT2D eigenvalue weighted by Gasteiger charge is -2.19. The maximum Gasteiger partial charge on any atom is 0.144 e. The first-order valence-electron chi connectivity index (χ1n) is 4.69. The Morgan fingerprint density at radius 3 is 2.64 bits per heavy atom. The van der Waals surface area contributed by atoms with E-state index in [1.165, 1.54) is 5.56 Å². The van der Waals surface area contributed by atoms with Crippen molar-refractivity contribution in [2.24, 2.45) is 0 Å². The number of hydrogen-bond acceptors (Lipinski definition) is 2. The van der Waals surface area contributed by atoms with Gasteiger partial charge in [0.2, 0.25) is 0 Å². The fraction of sp³-hybridized carbons (Fsp3) is 0.250. The molecule has 1 aliphatic heterocycles. The molecule has 0 fully saturated rings. The van der Waals surface area contributed by atoms with Crippen molar-refractivity contribution in [1.29, 1.82) is 0 Å². The number of para-hydroxylation sites is 1. The molecule has 1 aromatic carbocycles. The Labute approximate surface area is 83.6 Å². The Kier molecular flexibility index (Phi) is 1.92. The van der Waals surface area contributed by atoms with E-state index in [0.717, 1.165) is 17.7 Å². The normalized spacial score (nSPS) is 20.3. The summed E-state index contributed by atoms with van der Waals surface area (Å²) in [6, 6.07) is 8.13. The van der Waals surface area contributed by atoms with E-state index in [1.807, 2.05) is 18.2 Å². The first-order valence-corrected chi connectivity index (χ1v) is 4.69. The number of nitrogens with one attached hydrogen (secondary N) is 1. The number of hydrogen-bond donors (Lipinski definition) is 1. The third kappa shape index (κ3) is 1.15. The van der Waals surface area contributed by atoms with Crippen LogP contribution >= 0.6 is 0 Å². The monoisotopic (exact) mass is 187 g/mol. The van der Waals surface area contributed by atoms with Crippen LogP contribution in [0.5, 0.6) is 0 Å². The summed E-state index contributed by atoms with van der Waals surface area (Å²) in [5.74, 6) is 0. The summed E-state index contributed by atoms with van der Waals surface area (Å²) in [5, 5.41) is 3.26. The molecule has 0 aliphatic carbocycles. The van der Waals surface area contributed by atoms with Crippen LogP contribution in [0.1, 0.15) is 19.4 Å². The summed E-state index contributed by atoms with van der Waals surface area (Å²) in [7, 11) is 0. The van der Waals surface area contributed by atoms with Crippen molar-refractivity contribution >= 4 is 12.0 Å². The number of rotatable bonds is 1. The Morgan fingerprint density at radius 1 is 1.29 bits per heavy atom. The fourth-order valence-corrected chi connectivity index (χ4v) is 1.90. The minimum Gasteiger partial charge on any atom is -0.358 e. The average molecular weight is 187 g/mol. The molecular weight excluding hydrogens is 174 g/mol. The van der Waals surface area contributed by atoms with Gasteiger partial charge in [-0.2, -0.15) is 0 Å². The molecule has 72 valence electrons. The van der Waals surface area contributed by atoms with Gasteiger partial charge in [0.05, 0.1) is 0 Å². The molecule has 0 saturated carbocycles. The number of carbonyl (C=O) groups is 1. The maximum atomic E-state index is 10.5. The second kappa shape index (κ2) is 2.98. The molecule has 0 saturated heterocycles. The number of allylic oxidation sites excluding steroid dienone is 2. The Bertz CT molecular complexity index is 405. The second-order valence-electron chi connectivity index (χ2n) is 4.01. The average Bonchev–Trinajstić information content (AvgIpc) is 2.41. The standard InChI is InChI=1S/C12H13NO/c1-12(2)9-5-3-4-6-10(9)13-11(12)7-8-14/h3-8,13H,1-2H3. The van der Waals surface area contributed by atoms with Gasteiger partial charge in [0, 0.05) is 16.8 Å². The second-order valence-corrected chi connectivity index (χ2v) is 4.01. The van der Waals surface area contributed by atoms with E-state index >= 15 is 0 Å². The molecule has 2 heteroatoms. The predicted octanol–water partition coefficient (Wildman–Crippen LogP) is 2.47. The zero-order valence-corrected chi connectivity index (χ0v) is 8.37. The molecule has 0 aromatic heterocycles. The lowest BCUT2D eigenvalue weighted by Crippen LogP contribution is -2.17. The van der Waals surface area contributed by atoms with Crippen molar-refractivity contribution in [3.8, 4) is 0 Å². The van der Waals surface area contributed by atoms with Gasteiger partial charge in [0.1, 0.15) is 6.29 Å². The molecule has 0 amide bonds. The van der Waals surface area contributed by atoms with Crippen molar-refractivity contribution in [3.63, 3.8) is 0 Å². The third-order valence-corrected chi connectivity index (χ3v) is 2.78. The number of aldehydes is 1. The van der Waals surface area contributed by atoms with Gasteiger partial charge in [-0.05, 0) is 17.7 Å². The summed E-state index contributed by atoms with van der Waals surface area (Å²) < 4.78 is 0. The van der Waals surface area contributed by atoms with Crippen LogP contribution in [0, 0.1) is 0 Å². The van der Waals surface area contributed by atoms with Gasteiger partial charge < -0.3 is 5.32 Å². The van der Waals surface area contributed by atoms with E-state index in [0.29, 0.717) is 0 Å². The van der Waals surface area contributed by atoms with Gasteiger partial charge >= 0.3 is 0 Å². The molecule has 2 nitrogen and oxygen atoms in total. The first kappa shape index (κ1) is 9.00. The fourth-order valence-electron chi connectivity index (χ4n) is 1.90. The highest BCUT2D eigenvalue weighted by Gasteiger charge is 2.33. The van der Waals surface area contributed by atoms with Gasteiger partial charge in [0.15, 0.2) is 0 Å². The van der Waals surface area contributed by atoms with Crippen molar-refractivity contribution in [1.82, 2.24) is 0 Å². The first-order chi connectivity index (χ1) is 6.66. The van der Waals surface area contributed by atoms with Crippen LogP contribution in [0.25, 0.3) is 0 Å². The van der Waals surface area contributed by atoms with Crippen LogP contribution in [0.2, 0.25) is 0 Å². The number of anilines is 1. The van der Waals surface area contributed by atoms with Crippen LogP contribution < -0.4 is 5.32 Å². The summed E-state index contributed by atoms with van der Waals surface area (Å²) >= 11 is 0. The zero-order valence-electron chi connectivity index (χ0n) is 8.37. The summed E-state index contributed by atoms with van der Waals surface area (Å²) in [6.07, 6.45) is 2.43. The SMILES string of the molecule is CC1(C)C(=CC=O)Nc2ccccc21. The lowest BCUT2D eigenvalue weighted by molar-refractivity contribution is -0.104. The summed E-state index contributed by atoms with van der Waals surface area (Å²) in [6.45, 7) is 4.22. The lowest BCUT2D eigenvalue weighted by atomic mass is 9.84. The zero-order chi connectivity index (χ0) is 10.2. The molecule has 1 aliphatic rings. The maximum absolute atomic E-state index is 10.5. The van der Waals surface area contributed by atoms with E-state index < -0.39 is 0 Å². The molecular formula is C12H13NO. The van der Waals surface area contributed by atoms with Crippen molar-refractivity contribution in [3.05, 3.63) is 41.6 Å². The van der Waals surface area contributed by atoms with Crippen LogP contribution in [-0.4, -0.2) is 6.29 Å². The van der Waals surface area contributed by atoms with E-state index in [2.05, 4.69) is 25.2 Å². The van der Waals surface area contributed by atoms with Gasteiger partial charge in [0.25, 0.3) is 0 Å². The van der Waals surface area contributed by atoms with E-state index in [9.17, 15) is 4.79 Å². The molecule has 0 atom stereocenters. The minimum absolute atomic E-state index is 0.0858. The van der Waals surface area contributed by atoms with Gasteiger partial charge in [-0.25, -0.2) is 0 Å². The predicted molar refractivity (Wildman–Crippen MR) is 57.2 cm³/mol. The number of benzene rings is 1. The van der Waals surface area contributed by atoms with Crippen molar-refractivity contribution in [2.75, 3.05) is 5.32 Å². The highest BCUT2D eigenvalue weighted by Crippen LogP contribution is 2.42. The van der Waals surface area contributed by atoms with Crippen molar-refractivity contribution < 1.29 is 4.79 Å². The molecule has 14 heavy (non-hydrogen) atoms. The quantitative estimate of drug-likeness (QED) is 0.540. The van der Waals surface area contributed by atoms with E-state index in [-0.39, 0.29) is 5.41 Å².